The van der Waals surface area contributed by atoms with Crippen molar-refractivity contribution in [2.45, 2.75) is 19.4 Å². The minimum atomic E-state index is -0.491. The van der Waals surface area contributed by atoms with Gasteiger partial charge >= 0.3 is 0 Å². The Morgan fingerprint density at radius 2 is 2.05 bits per heavy atom. The molecule has 2 aromatic rings. The third-order valence-electron chi connectivity index (χ3n) is 3.76. The third kappa shape index (κ3) is 2.74. The molecule has 0 bridgehead atoms. The molecule has 2 heterocycles. The number of aromatic nitrogens is 2. The first-order valence-electron chi connectivity index (χ1n) is 7.00. The van der Waals surface area contributed by atoms with E-state index in [0.717, 1.165) is 31.6 Å². The monoisotopic (exact) mass is 288 g/mol. The van der Waals surface area contributed by atoms with Gasteiger partial charge in [0.1, 0.15) is 0 Å². The second-order valence-corrected chi connectivity index (χ2v) is 5.22. The van der Waals surface area contributed by atoms with E-state index in [1.54, 1.807) is 24.4 Å². The molecule has 110 valence electrons. The Bertz CT molecular complexity index is 707. The molecule has 3 rings (SSSR count). The fourth-order valence-corrected chi connectivity index (χ4v) is 2.57. The summed E-state index contributed by atoms with van der Waals surface area (Å²) in [5, 5.41) is 4.14. The predicted molar refractivity (Wildman–Crippen MR) is 79.9 cm³/mol. The van der Waals surface area contributed by atoms with Crippen LogP contribution in [0.25, 0.3) is 0 Å². The molecule has 1 fully saturated rings. The van der Waals surface area contributed by atoms with E-state index >= 15 is 0 Å². The van der Waals surface area contributed by atoms with Crippen molar-refractivity contribution in [3.05, 3.63) is 52.2 Å². The highest BCUT2D eigenvalue weighted by atomic mass is 19.1. The number of hydrogen-bond acceptors (Lipinski definition) is 4. The third-order valence-corrected chi connectivity index (χ3v) is 3.76. The van der Waals surface area contributed by atoms with Gasteiger partial charge in [-0.2, -0.15) is 5.10 Å². The Morgan fingerprint density at radius 1 is 1.29 bits per heavy atom. The van der Waals surface area contributed by atoms with Gasteiger partial charge in [-0.05, 0) is 18.9 Å². The van der Waals surface area contributed by atoms with Gasteiger partial charge < -0.3 is 10.6 Å². The van der Waals surface area contributed by atoms with Crippen LogP contribution in [0, 0.1) is 5.82 Å². The minimum absolute atomic E-state index is 0.0780. The van der Waals surface area contributed by atoms with Crippen molar-refractivity contribution in [1.82, 2.24) is 9.78 Å². The second-order valence-electron chi connectivity index (χ2n) is 5.22. The number of nitrogens with zero attached hydrogens (tertiary/aromatic N) is 3. The molecule has 5 nitrogen and oxygen atoms in total. The summed E-state index contributed by atoms with van der Waals surface area (Å²) < 4.78 is 15.1. The lowest BCUT2D eigenvalue weighted by molar-refractivity contribution is 0.575. The standard InChI is InChI=1S/C15H17FN4O/c16-15-11(4-3-5-13(15)17)10-20-14(21)8-12(9-18-20)19-6-1-2-7-19/h3-5,8-9H,1-2,6-7,10,17H2. The molecule has 0 atom stereocenters. The number of benzene rings is 1. The largest absolute Gasteiger partial charge is 0.396 e. The topological polar surface area (TPSA) is 64.2 Å². The van der Waals surface area contributed by atoms with Crippen molar-refractivity contribution in [3.8, 4) is 0 Å². The summed E-state index contributed by atoms with van der Waals surface area (Å²) in [6.07, 6.45) is 3.94. The van der Waals surface area contributed by atoms with E-state index in [-0.39, 0.29) is 17.8 Å². The van der Waals surface area contributed by atoms with Crippen molar-refractivity contribution in [3.63, 3.8) is 0 Å². The van der Waals surface area contributed by atoms with Crippen LogP contribution < -0.4 is 16.2 Å². The number of nitrogen functional groups attached to an aromatic ring is 1. The molecule has 0 amide bonds. The van der Waals surface area contributed by atoms with Crippen LogP contribution in [0.4, 0.5) is 15.8 Å². The van der Waals surface area contributed by atoms with Crippen LogP contribution in [0.5, 0.6) is 0 Å². The maximum Gasteiger partial charge on any atom is 0.269 e. The number of halogens is 1. The van der Waals surface area contributed by atoms with Crippen molar-refractivity contribution >= 4 is 11.4 Å². The van der Waals surface area contributed by atoms with Gasteiger partial charge in [0.05, 0.1) is 24.1 Å². The van der Waals surface area contributed by atoms with E-state index in [9.17, 15) is 9.18 Å². The summed E-state index contributed by atoms with van der Waals surface area (Å²) in [5.74, 6) is -0.491. The van der Waals surface area contributed by atoms with Crippen LogP contribution >= 0.6 is 0 Å². The van der Waals surface area contributed by atoms with Crippen molar-refractivity contribution in [2.75, 3.05) is 23.7 Å². The highest BCUT2D eigenvalue weighted by Gasteiger charge is 2.14. The Kier molecular flexibility index (Phi) is 3.60. The molecular formula is C15H17FN4O. The van der Waals surface area contributed by atoms with Gasteiger partial charge in [-0.3, -0.25) is 4.79 Å². The Morgan fingerprint density at radius 3 is 2.76 bits per heavy atom. The first-order valence-corrected chi connectivity index (χ1v) is 7.00. The van der Waals surface area contributed by atoms with Crippen LogP contribution in [0.1, 0.15) is 18.4 Å². The smallest absolute Gasteiger partial charge is 0.269 e. The number of rotatable bonds is 3. The highest BCUT2D eigenvalue weighted by molar-refractivity contribution is 5.44. The molecule has 2 N–H and O–H groups in total. The first kappa shape index (κ1) is 13.6. The van der Waals surface area contributed by atoms with Crippen molar-refractivity contribution in [1.29, 1.82) is 0 Å². The fourth-order valence-electron chi connectivity index (χ4n) is 2.57. The number of nitrogens with two attached hydrogens (primary N) is 1. The zero-order chi connectivity index (χ0) is 14.8. The normalized spacial score (nSPS) is 14.6. The average molecular weight is 288 g/mol. The first-order chi connectivity index (χ1) is 10.1. The van der Waals surface area contributed by atoms with Crippen molar-refractivity contribution < 1.29 is 4.39 Å². The molecule has 1 aromatic carbocycles. The van der Waals surface area contributed by atoms with E-state index < -0.39 is 5.82 Å². The lowest BCUT2D eigenvalue weighted by Crippen LogP contribution is -2.26. The molecule has 6 heteroatoms. The maximum absolute atomic E-state index is 13.9. The summed E-state index contributed by atoms with van der Waals surface area (Å²) in [6.45, 7) is 1.99. The van der Waals surface area contributed by atoms with Crippen LogP contribution in [0.15, 0.2) is 35.3 Å². The summed E-state index contributed by atoms with van der Waals surface area (Å²) in [6, 6.07) is 6.32. The zero-order valence-electron chi connectivity index (χ0n) is 11.6. The minimum Gasteiger partial charge on any atom is -0.396 e. The molecule has 0 unspecified atom stereocenters. The Balaban J connectivity index is 1.86. The Labute approximate surface area is 121 Å². The zero-order valence-corrected chi connectivity index (χ0v) is 11.6. The van der Waals surface area contributed by atoms with Gasteiger partial charge in [-0.15, -0.1) is 0 Å². The lowest BCUT2D eigenvalue weighted by atomic mass is 10.2. The van der Waals surface area contributed by atoms with Crippen LogP contribution in [0.3, 0.4) is 0 Å². The molecule has 0 saturated carbocycles. The molecular weight excluding hydrogens is 271 g/mol. The van der Waals surface area contributed by atoms with Crippen LogP contribution in [0.2, 0.25) is 0 Å². The molecule has 1 aromatic heterocycles. The Hall–Kier alpha value is -2.37. The van der Waals surface area contributed by atoms with Crippen molar-refractivity contribution in [2.24, 2.45) is 0 Å². The number of hydrogen-bond donors (Lipinski definition) is 1. The quantitative estimate of drug-likeness (QED) is 0.872. The lowest BCUT2D eigenvalue weighted by Gasteiger charge is -2.17. The summed E-state index contributed by atoms with van der Waals surface area (Å²) >= 11 is 0. The van der Waals surface area contributed by atoms with Gasteiger partial charge in [0.25, 0.3) is 5.56 Å². The van der Waals surface area contributed by atoms with Gasteiger partial charge in [0.2, 0.25) is 0 Å². The maximum atomic E-state index is 13.9. The van der Waals surface area contributed by atoms with E-state index in [1.807, 2.05) is 0 Å². The summed E-state index contributed by atoms with van der Waals surface area (Å²) in [4.78, 5) is 14.3. The van der Waals surface area contributed by atoms with Crippen LogP contribution in [-0.2, 0) is 6.54 Å². The second kappa shape index (κ2) is 5.55. The van der Waals surface area contributed by atoms with Gasteiger partial charge in [0, 0.05) is 24.7 Å². The van der Waals surface area contributed by atoms with E-state index in [1.165, 1.54) is 10.7 Å². The summed E-state index contributed by atoms with van der Waals surface area (Å²) in [5.41, 5.74) is 6.57. The van der Waals surface area contributed by atoms with Gasteiger partial charge in [0.15, 0.2) is 5.82 Å². The fraction of sp³-hybridized carbons (Fsp3) is 0.333. The molecule has 0 radical (unpaired) electrons. The number of anilines is 2. The highest BCUT2D eigenvalue weighted by Crippen LogP contribution is 2.18. The molecule has 0 aliphatic carbocycles. The SMILES string of the molecule is Nc1cccc(Cn2ncc(N3CCCC3)cc2=O)c1F. The molecule has 1 aliphatic rings. The van der Waals surface area contributed by atoms with Gasteiger partial charge in [-0.1, -0.05) is 12.1 Å². The van der Waals surface area contributed by atoms with E-state index in [4.69, 9.17) is 5.73 Å². The molecule has 1 saturated heterocycles. The predicted octanol–water partition coefficient (Wildman–Crippen LogP) is 1.61. The van der Waals surface area contributed by atoms with Crippen LogP contribution in [-0.4, -0.2) is 22.9 Å². The molecule has 21 heavy (non-hydrogen) atoms. The summed E-state index contributed by atoms with van der Waals surface area (Å²) in [7, 11) is 0. The molecule has 0 spiro atoms. The molecule has 1 aliphatic heterocycles. The average Bonchev–Trinajstić information content (AvgIpc) is 3.00. The van der Waals surface area contributed by atoms with E-state index in [2.05, 4.69) is 10.00 Å². The van der Waals surface area contributed by atoms with Gasteiger partial charge in [-0.25, -0.2) is 9.07 Å². The van der Waals surface area contributed by atoms with E-state index in [0.29, 0.717) is 5.56 Å².